The minimum absolute atomic E-state index is 0.000876. The second-order valence-electron chi connectivity index (χ2n) is 11.4. The lowest BCUT2D eigenvalue weighted by Gasteiger charge is -2.48. The first-order chi connectivity index (χ1) is 21.5. The van der Waals surface area contributed by atoms with Crippen LogP contribution in [0.5, 0.6) is 17.2 Å². The highest BCUT2D eigenvalue weighted by atomic mass is 16.7. The van der Waals surface area contributed by atoms with Crippen molar-refractivity contribution in [2.45, 2.75) is 62.3 Å². The second-order valence-corrected chi connectivity index (χ2v) is 11.4. The first-order valence-corrected chi connectivity index (χ1v) is 14.7. The van der Waals surface area contributed by atoms with E-state index in [1.165, 1.54) is 31.4 Å². The number of methoxy groups -OCH3 is 1. The van der Waals surface area contributed by atoms with Gasteiger partial charge in [-0.2, -0.15) is 0 Å². The van der Waals surface area contributed by atoms with Crippen molar-refractivity contribution in [2.75, 3.05) is 26.9 Å². The number of carbonyl (C=O) groups is 2. The van der Waals surface area contributed by atoms with Crippen molar-refractivity contribution in [3.05, 3.63) is 75.6 Å². The molecule has 45 heavy (non-hydrogen) atoms. The van der Waals surface area contributed by atoms with E-state index >= 15 is 0 Å². The van der Waals surface area contributed by atoms with Crippen molar-refractivity contribution in [3.8, 4) is 17.2 Å². The zero-order valence-electron chi connectivity index (χ0n) is 24.7. The monoisotopic (exact) mass is 626 g/mol. The van der Waals surface area contributed by atoms with E-state index in [2.05, 4.69) is 5.32 Å². The molecule has 3 aliphatic rings. The van der Waals surface area contributed by atoms with E-state index in [4.69, 9.17) is 25.1 Å². The molecule has 5 unspecified atom stereocenters. The third-order valence-electron chi connectivity index (χ3n) is 8.51. The van der Waals surface area contributed by atoms with Crippen molar-refractivity contribution in [1.82, 2.24) is 5.32 Å². The minimum atomic E-state index is -2.08. The number of benzene rings is 2. The molecule has 0 bridgehead atoms. The van der Waals surface area contributed by atoms with E-state index in [1.54, 1.807) is 6.08 Å². The molecule has 5 rings (SSSR count). The zero-order chi connectivity index (χ0) is 32.5. The van der Waals surface area contributed by atoms with E-state index in [0.29, 0.717) is 37.2 Å². The largest absolute Gasteiger partial charge is 0.507 e. The third-order valence-corrected chi connectivity index (χ3v) is 8.51. The van der Waals surface area contributed by atoms with Crippen LogP contribution < -0.4 is 20.5 Å². The molecule has 1 saturated heterocycles. The van der Waals surface area contributed by atoms with Gasteiger partial charge in [-0.1, -0.05) is 6.08 Å². The Hall–Kier alpha value is -3.98. The number of fused-ring (bicyclic) bond motifs is 2. The fourth-order valence-corrected chi connectivity index (χ4v) is 6.03. The van der Waals surface area contributed by atoms with Crippen molar-refractivity contribution >= 4 is 11.6 Å². The number of hydrogen-bond acceptors (Lipinski definition) is 13. The number of phenols is 1. The van der Waals surface area contributed by atoms with Crippen LogP contribution in [-0.4, -0.2) is 99.3 Å². The summed E-state index contributed by atoms with van der Waals surface area (Å²) in [6.07, 6.45) is -1.49. The average molecular weight is 627 g/mol. The van der Waals surface area contributed by atoms with Gasteiger partial charge in [0.25, 0.3) is 0 Å². The topological polar surface area (TPSA) is 221 Å². The molecule has 1 fully saturated rings. The Morgan fingerprint density at radius 3 is 2.49 bits per heavy atom. The summed E-state index contributed by atoms with van der Waals surface area (Å²) in [4.78, 5) is 27.5. The summed E-state index contributed by atoms with van der Waals surface area (Å²) in [7, 11) is 1.35. The number of hydrogen-bond donors (Lipinski definition) is 8. The number of allylic oxidation sites excluding steroid dienone is 2. The molecule has 2 aromatic rings. The maximum absolute atomic E-state index is 13.8. The summed E-state index contributed by atoms with van der Waals surface area (Å²) < 4.78 is 17.0. The lowest BCUT2D eigenvalue weighted by atomic mass is 9.79. The number of ether oxygens (including phenoxy) is 3. The molecule has 5 atom stereocenters. The third kappa shape index (κ3) is 6.15. The molecule has 0 saturated carbocycles. The Kier molecular flexibility index (Phi) is 9.49. The number of dihydropyridines is 1. The fraction of sp³-hybridized carbons (Fsp3) is 0.438. The summed E-state index contributed by atoms with van der Waals surface area (Å²) >= 11 is 0. The van der Waals surface area contributed by atoms with Gasteiger partial charge in [-0.05, 0) is 67.5 Å². The van der Waals surface area contributed by atoms with Crippen LogP contribution in [0.15, 0.2) is 47.8 Å². The summed E-state index contributed by atoms with van der Waals surface area (Å²) in [5.41, 5.74) is 4.62. The van der Waals surface area contributed by atoms with Gasteiger partial charge in [0.2, 0.25) is 12.1 Å². The maximum atomic E-state index is 13.8. The lowest BCUT2D eigenvalue weighted by molar-refractivity contribution is -0.314. The Morgan fingerprint density at radius 1 is 1.04 bits per heavy atom. The molecule has 9 N–H and O–H groups in total. The maximum Gasteiger partial charge on any atom is 0.229 e. The molecule has 13 nitrogen and oxygen atoms in total. The molecule has 2 aliphatic heterocycles. The van der Waals surface area contributed by atoms with Crippen LogP contribution in [0, 0.1) is 0 Å². The normalized spacial score (nSPS) is 25.9. The Balaban J connectivity index is 1.44. The SMILES string of the molecule is COc1cc(OC2OC(CO)C(O)(CCC3=CCNC(N)=C3)C(O)C2O)c2c(c1)C(=O)c1cc(CCCCO)cc(O)c1C2=O. The number of nitrogens with one attached hydrogen (secondary N) is 1. The van der Waals surface area contributed by atoms with Crippen LogP contribution in [0.3, 0.4) is 0 Å². The van der Waals surface area contributed by atoms with Crippen molar-refractivity contribution < 1.29 is 54.4 Å². The van der Waals surface area contributed by atoms with Crippen LogP contribution in [-0.2, 0) is 11.2 Å². The van der Waals surface area contributed by atoms with E-state index < -0.39 is 54.1 Å². The van der Waals surface area contributed by atoms with Gasteiger partial charge < -0.3 is 55.9 Å². The van der Waals surface area contributed by atoms with Crippen LogP contribution in [0.4, 0.5) is 0 Å². The molecular formula is C32H38N2O11. The average Bonchev–Trinajstić information content (AvgIpc) is 3.02. The van der Waals surface area contributed by atoms with Gasteiger partial charge >= 0.3 is 0 Å². The molecule has 13 heteroatoms. The number of aryl methyl sites for hydroxylation is 1. The Labute approximate surface area is 259 Å². The molecule has 1 aliphatic carbocycles. The van der Waals surface area contributed by atoms with Crippen LogP contribution in [0.2, 0.25) is 0 Å². The number of rotatable bonds is 11. The minimum Gasteiger partial charge on any atom is -0.507 e. The van der Waals surface area contributed by atoms with Gasteiger partial charge in [0.05, 0.1) is 30.7 Å². The van der Waals surface area contributed by atoms with Crippen molar-refractivity contribution in [2.24, 2.45) is 5.73 Å². The predicted molar refractivity (Wildman–Crippen MR) is 159 cm³/mol. The highest BCUT2D eigenvalue weighted by molar-refractivity contribution is 6.30. The Morgan fingerprint density at radius 2 is 1.80 bits per heavy atom. The summed E-state index contributed by atoms with van der Waals surface area (Å²) in [6, 6.07) is 5.60. The van der Waals surface area contributed by atoms with E-state index in [9.17, 15) is 35.1 Å². The van der Waals surface area contributed by atoms with E-state index in [-0.39, 0.29) is 53.2 Å². The number of aliphatic hydroxyl groups is 5. The highest BCUT2D eigenvalue weighted by Gasteiger charge is 2.55. The quantitative estimate of drug-likeness (QED) is 0.133. The number of carbonyl (C=O) groups excluding carboxylic acids is 2. The predicted octanol–water partition coefficient (Wildman–Crippen LogP) is 0.150. The highest BCUT2D eigenvalue weighted by Crippen LogP contribution is 2.42. The molecule has 0 aromatic heterocycles. The van der Waals surface area contributed by atoms with Crippen LogP contribution in [0.25, 0.3) is 0 Å². The molecular weight excluding hydrogens is 588 g/mol. The van der Waals surface area contributed by atoms with Gasteiger partial charge in [0, 0.05) is 30.3 Å². The van der Waals surface area contributed by atoms with Crippen LogP contribution >= 0.6 is 0 Å². The van der Waals surface area contributed by atoms with Gasteiger partial charge in [-0.15, -0.1) is 0 Å². The summed E-state index contributed by atoms with van der Waals surface area (Å²) in [5, 5.41) is 66.6. The molecule has 0 amide bonds. The van der Waals surface area contributed by atoms with Crippen molar-refractivity contribution in [3.63, 3.8) is 0 Å². The van der Waals surface area contributed by atoms with Crippen LogP contribution in [0.1, 0.15) is 63.1 Å². The zero-order valence-corrected chi connectivity index (χ0v) is 24.7. The second kappa shape index (κ2) is 13.2. The van der Waals surface area contributed by atoms with E-state index in [0.717, 1.165) is 5.57 Å². The molecule has 2 aromatic carbocycles. The molecule has 2 heterocycles. The van der Waals surface area contributed by atoms with Crippen molar-refractivity contribution in [1.29, 1.82) is 0 Å². The summed E-state index contributed by atoms with van der Waals surface area (Å²) in [6.45, 7) is -0.256. The van der Waals surface area contributed by atoms with Gasteiger partial charge in [-0.3, -0.25) is 9.59 Å². The van der Waals surface area contributed by atoms with Gasteiger partial charge in [-0.25, -0.2) is 0 Å². The summed E-state index contributed by atoms with van der Waals surface area (Å²) in [5.74, 6) is -1.35. The molecule has 242 valence electrons. The fourth-order valence-electron chi connectivity index (χ4n) is 6.03. The van der Waals surface area contributed by atoms with Gasteiger partial charge in [0.1, 0.15) is 41.2 Å². The number of unbranched alkanes of at least 4 members (excludes halogenated alkanes) is 1. The Bertz CT molecular complexity index is 1530. The van der Waals surface area contributed by atoms with E-state index in [1.807, 2.05) is 6.08 Å². The molecule has 0 radical (unpaired) electrons. The first-order valence-electron chi connectivity index (χ1n) is 14.7. The number of aliphatic hydroxyl groups excluding tert-OH is 4. The van der Waals surface area contributed by atoms with Gasteiger partial charge in [0.15, 0.2) is 5.78 Å². The smallest absolute Gasteiger partial charge is 0.229 e. The lowest BCUT2D eigenvalue weighted by Crippen LogP contribution is -2.67. The number of aromatic hydroxyl groups is 1. The number of phenolic OH excluding ortho intramolecular Hbond substituents is 1. The number of ketones is 2. The first kappa shape index (κ1) is 32.4. The molecule has 0 spiro atoms. The standard InChI is InChI=1S/C32H38N2O11/c1-43-18-13-20-26(28(39)25-19(27(20)38)10-17(11-21(25)37)4-2-3-9-35)22(14-18)44-31-29(40)30(41)32(42,23(15-36)45-31)7-5-16-6-8-34-24(33)12-16/h6,10-14,23,29-31,34-37,40-42H,2-5,7-9,15,33H2,1H3. The number of nitrogens with two attached hydrogens (primary N) is 1.